The number of carbonyl (C=O) groups is 2. The number of nitrogens with one attached hydrogen (secondary N) is 1. The van der Waals surface area contributed by atoms with Gasteiger partial charge < -0.3 is 16.0 Å². The van der Waals surface area contributed by atoms with Crippen LogP contribution in [0.4, 0.5) is 10.5 Å². The number of anilines is 1. The van der Waals surface area contributed by atoms with E-state index in [-0.39, 0.29) is 11.9 Å². The Labute approximate surface area is 93.2 Å². The van der Waals surface area contributed by atoms with Crippen LogP contribution < -0.4 is 16.0 Å². The van der Waals surface area contributed by atoms with E-state index in [1.54, 1.807) is 4.90 Å². The fourth-order valence-corrected chi connectivity index (χ4v) is 1.86. The van der Waals surface area contributed by atoms with Crippen LogP contribution in [-0.4, -0.2) is 24.5 Å². The summed E-state index contributed by atoms with van der Waals surface area (Å²) in [4.78, 5) is 24.0. The molecule has 84 valence electrons. The second-order valence-corrected chi connectivity index (χ2v) is 3.75. The molecule has 1 unspecified atom stereocenters. The second kappa shape index (κ2) is 4.22. The Kier molecular flexibility index (Phi) is 2.76. The molecule has 0 saturated carbocycles. The first-order valence-electron chi connectivity index (χ1n) is 5.08. The number of amides is 3. The van der Waals surface area contributed by atoms with Gasteiger partial charge in [0.25, 0.3) is 0 Å². The maximum absolute atomic E-state index is 11.7. The van der Waals surface area contributed by atoms with Gasteiger partial charge in [-0.3, -0.25) is 4.79 Å². The van der Waals surface area contributed by atoms with Crippen molar-refractivity contribution in [1.29, 1.82) is 0 Å². The molecule has 1 fully saturated rings. The smallest absolute Gasteiger partial charge is 0.312 e. The van der Waals surface area contributed by atoms with E-state index in [1.807, 2.05) is 30.3 Å². The first-order valence-corrected chi connectivity index (χ1v) is 5.08. The number of nitrogens with zero attached hydrogens (tertiary/aromatic N) is 1. The highest BCUT2D eigenvalue weighted by molar-refractivity contribution is 5.96. The lowest BCUT2D eigenvalue weighted by molar-refractivity contribution is -0.117. The summed E-state index contributed by atoms with van der Waals surface area (Å²) in [7, 11) is 0. The normalized spacial score (nSPS) is 19.9. The Morgan fingerprint density at radius 3 is 2.69 bits per heavy atom. The van der Waals surface area contributed by atoms with Gasteiger partial charge in [-0.2, -0.15) is 0 Å². The number of urea groups is 1. The highest BCUT2D eigenvalue weighted by Gasteiger charge is 2.30. The minimum atomic E-state index is -0.590. The lowest BCUT2D eigenvalue weighted by Gasteiger charge is -2.16. The number of hydrogen-bond acceptors (Lipinski definition) is 2. The van der Waals surface area contributed by atoms with Gasteiger partial charge in [0.15, 0.2) is 0 Å². The molecule has 1 atom stereocenters. The molecule has 5 nitrogen and oxygen atoms in total. The van der Waals surface area contributed by atoms with Gasteiger partial charge in [-0.15, -0.1) is 0 Å². The van der Waals surface area contributed by atoms with Crippen molar-refractivity contribution in [3.8, 4) is 0 Å². The first-order chi connectivity index (χ1) is 7.66. The van der Waals surface area contributed by atoms with Gasteiger partial charge in [0, 0.05) is 18.7 Å². The maximum Gasteiger partial charge on any atom is 0.312 e. The average Bonchev–Trinajstić information content (AvgIpc) is 2.60. The quantitative estimate of drug-likeness (QED) is 0.758. The molecule has 16 heavy (non-hydrogen) atoms. The zero-order valence-corrected chi connectivity index (χ0v) is 8.72. The van der Waals surface area contributed by atoms with Crippen LogP contribution in [-0.2, 0) is 4.79 Å². The minimum absolute atomic E-state index is 0.00458. The van der Waals surface area contributed by atoms with Crippen molar-refractivity contribution >= 4 is 17.6 Å². The first kappa shape index (κ1) is 10.5. The number of nitrogens with two attached hydrogens (primary N) is 1. The van der Waals surface area contributed by atoms with Gasteiger partial charge in [-0.1, -0.05) is 18.2 Å². The van der Waals surface area contributed by atoms with E-state index < -0.39 is 6.03 Å². The third kappa shape index (κ3) is 2.13. The second-order valence-electron chi connectivity index (χ2n) is 3.75. The van der Waals surface area contributed by atoms with Gasteiger partial charge in [-0.25, -0.2) is 4.79 Å². The number of carbonyl (C=O) groups excluding carboxylic acids is 2. The van der Waals surface area contributed by atoms with E-state index in [0.29, 0.717) is 13.0 Å². The van der Waals surface area contributed by atoms with Gasteiger partial charge in [0.05, 0.1) is 6.04 Å². The van der Waals surface area contributed by atoms with E-state index in [4.69, 9.17) is 5.73 Å². The molecule has 0 spiro atoms. The molecular weight excluding hydrogens is 206 g/mol. The van der Waals surface area contributed by atoms with Crippen LogP contribution >= 0.6 is 0 Å². The molecule has 0 aromatic heterocycles. The Morgan fingerprint density at radius 1 is 1.38 bits per heavy atom. The zero-order chi connectivity index (χ0) is 11.5. The molecule has 1 aliphatic rings. The molecule has 3 N–H and O–H groups in total. The summed E-state index contributed by atoms with van der Waals surface area (Å²) in [6.45, 7) is 0.478. The molecule has 1 aromatic carbocycles. The van der Waals surface area contributed by atoms with Crippen LogP contribution in [0.3, 0.4) is 0 Å². The van der Waals surface area contributed by atoms with Gasteiger partial charge in [0.2, 0.25) is 5.91 Å². The van der Waals surface area contributed by atoms with E-state index in [1.165, 1.54) is 0 Å². The highest BCUT2D eigenvalue weighted by Crippen LogP contribution is 2.20. The van der Waals surface area contributed by atoms with Crippen LogP contribution in [0.25, 0.3) is 0 Å². The molecule has 1 saturated heterocycles. The van der Waals surface area contributed by atoms with Crippen molar-refractivity contribution in [2.24, 2.45) is 5.73 Å². The summed E-state index contributed by atoms with van der Waals surface area (Å²) >= 11 is 0. The van der Waals surface area contributed by atoms with Crippen molar-refractivity contribution in [1.82, 2.24) is 5.32 Å². The molecular formula is C11H13N3O2. The lowest BCUT2D eigenvalue weighted by Crippen LogP contribution is -2.40. The van der Waals surface area contributed by atoms with Crippen molar-refractivity contribution < 1.29 is 9.59 Å². The zero-order valence-electron chi connectivity index (χ0n) is 8.72. The van der Waals surface area contributed by atoms with E-state index in [2.05, 4.69) is 5.32 Å². The molecule has 1 heterocycles. The molecule has 0 bridgehead atoms. The Bertz CT molecular complexity index is 405. The van der Waals surface area contributed by atoms with Crippen molar-refractivity contribution in [2.75, 3.05) is 11.4 Å². The van der Waals surface area contributed by atoms with Crippen LogP contribution in [0.1, 0.15) is 6.42 Å². The summed E-state index contributed by atoms with van der Waals surface area (Å²) in [5, 5.41) is 2.55. The maximum atomic E-state index is 11.7. The predicted octanol–water partition coefficient (Wildman–Crippen LogP) is 0.460. The molecule has 1 aromatic rings. The fraction of sp³-hybridized carbons (Fsp3) is 0.273. The molecule has 5 heteroatoms. The minimum Gasteiger partial charge on any atom is -0.352 e. The number of hydrogen-bond donors (Lipinski definition) is 2. The van der Waals surface area contributed by atoms with E-state index in [9.17, 15) is 9.59 Å². The van der Waals surface area contributed by atoms with Crippen LogP contribution in [0.5, 0.6) is 0 Å². The molecule has 0 aliphatic carbocycles. The fourth-order valence-electron chi connectivity index (χ4n) is 1.86. The highest BCUT2D eigenvalue weighted by atomic mass is 16.2. The third-order valence-electron chi connectivity index (χ3n) is 2.54. The lowest BCUT2D eigenvalue weighted by atomic mass is 10.3. The summed E-state index contributed by atoms with van der Waals surface area (Å²) < 4.78 is 0. The Balaban J connectivity index is 2.08. The Morgan fingerprint density at radius 2 is 2.06 bits per heavy atom. The third-order valence-corrected chi connectivity index (χ3v) is 2.54. The topological polar surface area (TPSA) is 75.4 Å². The van der Waals surface area contributed by atoms with Crippen molar-refractivity contribution in [2.45, 2.75) is 12.5 Å². The monoisotopic (exact) mass is 219 g/mol. The van der Waals surface area contributed by atoms with E-state index in [0.717, 1.165) is 5.69 Å². The van der Waals surface area contributed by atoms with Gasteiger partial charge in [0.1, 0.15) is 0 Å². The SMILES string of the molecule is NC(=O)NC1CC(=O)N(c2ccccc2)C1. The number of benzene rings is 1. The molecule has 1 aliphatic heterocycles. The number of rotatable bonds is 2. The van der Waals surface area contributed by atoms with Crippen LogP contribution in [0.15, 0.2) is 30.3 Å². The van der Waals surface area contributed by atoms with Crippen LogP contribution in [0, 0.1) is 0 Å². The van der Waals surface area contributed by atoms with Crippen molar-refractivity contribution in [3.63, 3.8) is 0 Å². The largest absolute Gasteiger partial charge is 0.352 e. The van der Waals surface area contributed by atoms with Crippen LogP contribution in [0.2, 0.25) is 0 Å². The number of para-hydroxylation sites is 1. The van der Waals surface area contributed by atoms with Crippen molar-refractivity contribution in [3.05, 3.63) is 30.3 Å². The average molecular weight is 219 g/mol. The number of primary amides is 1. The summed E-state index contributed by atoms with van der Waals surface area (Å²) in [5.74, 6) is 0.00458. The molecule has 3 amide bonds. The Hall–Kier alpha value is -2.04. The summed E-state index contributed by atoms with van der Waals surface area (Å²) in [5.41, 5.74) is 5.87. The molecule has 2 rings (SSSR count). The molecule has 0 radical (unpaired) electrons. The predicted molar refractivity (Wildman–Crippen MR) is 59.9 cm³/mol. The van der Waals surface area contributed by atoms with E-state index >= 15 is 0 Å². The van der Waals surface area contributed by atoms with Gasteiger partial charge >= 0.3 is 6.03 Å². The van der Waals surface area contributed by atoms with Gasteiger partial charge in [-0.05, 0) is 12.1 Å². The standard InChI is InChI=1S/C11H13N3O2/c12-11(16)13-8-6-10(15)14(7-8)9-4-2-1-3-5-9/h1-5,8H,6-7H2,(H3,12,13,16). The summed E-state index contributed by atoms with van der Waals surface area (Å²) in [6, 6.07) is 8.59. The summed E-state index contributed by atoms with van der Waals surface area (Å²) in [6.07, 6.45) is 0.303.